The Labute approximate surface area is 225 Å². The van der Waals surface area contributed by atoms with Crippen LogP contribution in [0.25, 0.3) is 0 Å². The molecule has 196 valence electrons. The number of halogens is 2. The second kappa shape index (κ2) is 12.6. The standard InChI is InChI=1S/C27H29Cl2N3O5/c1-3-12-35-27(34)30-13-18-4-10-21(11-5-18)26-36-22(14-32-16-31-24(28)25(32)29)17(2)23(37-26)20-8-6-19(15-33)7-9-20/h3-11,16-17,22-23,26,33H,1,12-15H2,2H3,(H,30,34)/t17-,22+,23+,26+/m0/s1. The van der Waals surface area contributed by atoms with Gasteiger partial charge in [-0.25, -0.2) is 9.78 Å². The highest BCUT2D eigenvalue weighted by molar-refractivity contribution is 6.40. The summed E-state index contributed by atoms with van der Waals surface area (Å²) in [7, 11) is 0. The lowest BCUT2D eigenvalue weighted by atomic mass is 9.90. The molecule has 2 aromatic carbocycles. The number of hydrogen-bond acceptors (Lipinski definition) is 6. The molecule has 0 aliphatic carbocycles. The van der Waals surface area contributed by atoms with E-state index in [1.165, 1.54) is 6.08 Å². The molecule has 2 heterocycles. The highest BCUT2D eigenvalue weighted by Gasteiger charge is 2.38. The van der Waals surface area contributed by atoms with Crippen LogP contribution in [0, 0.1) is 5.92 Å². The van der Waals surface area contributed by atoms with Gasteiger partial charge in [0.05, 0.1) is 31.7 Å². The van der Waals surface area contributed by atoms with Crippen LogP contribution in [0.3, 0.4) is 0 Å². The first-order valence-corrected chi connectivity index (χ1v) is 12.6. The van der Waals surface area contributed by atoms with E-state index in [2.05, 4.69) is 23.8 Å². The minimum absolute atomic E-state index is 0.0250. The van der Waals surface area contributed by atoms with Crippen molar-refractivity contribution in [1.29, 1.82) is 0 Å². The molecule has 1 saturated heterocycles. The molecule has 8 nitrogen and oxygen atoms in total. The molecule has 1 aliphatic heterocycles. The lowest BCUT2D eigenvalue weighted by Gasteiger charge is -2.41. The van der Waals surface area contributed by atoms with Crippen molar-refractivity contribution in [3.8, 4) is 0 Å². The SMILES string of the molecule is C=CCOC(=O)NCc1ccc([C@@H]2O[C@H](Cn3cnc(Cl)c3Cl)[C@H](C)[C@H](c3ccc(CO)cc3)O2)cc1. The second-order valence-corrected chi connectivity index (χ2v) is 9.50. The van der Waals surface area contributed by atoms with Crippen LogP contribution in [0.4, 0.5) is 4.79 Å². The molecule has 2 N–H and O–H groups in total. The first-order chi connectivity index (χ1) is 17.9. The molecule has 0 radical (unpaired) electrons. The summed E-state index contributed by atoms with van der Waals surface area (Å²) in [4.78, 5) is 15.8. The van der Waals surface area contributed by atoms with Crippen molar-refractivity contribution >= 4 is 29.3 Å². The van der Waals surface area contributed by atoms with Gasteiger partial charge < -0.3 is 29.2 Å². The summed E-state index contributed by atoms with van der Waals surface area (Å²) in [5, 5.41) is 12.7. The van der Waals surface area contributed by atoms with Crippen molar-refractivity contribution in [2.45, 2.75) is 45.1 Å². The third-order valence-electron chi connectivity index (χ3n) is 6.25. The van der Waals surface area contributed by atoms with Crippen LogP contribution in [0.5, 0.6) is 0 Å². The lowest BCUT2D eigenvalue weighted by molar-refractivity contribution is -0.276. The van der Waals surface area contributed by atoms with Gasteiger partial charge in [-0.2, -0.15) is 0 Å². The van der Waals surface area contributed by atoms with Gasteiger partial charge in [-0.1, -0.05) is 91.3 Å². The quantitative estimate of drug-likeness (QED) is 0.340. The van der Waals surface area contributed by atoms with E-state index in [0.717, 1.165) is 22.3 Å². The third-order valence-corrected chi connectivity index (χ3v) is 7.02. The molecule has 1 aliphatic rings. The van der Waals surface area contributed by atoms with Gasteiger partial charge in [0.1, 0.15) is 11.8 Å². The molecule has 4 rings (SSSR count). The first-order valence-electron chi connectivity index (χ1n) is 11.9. The summed E-state index contributed by atoms with van der Waals surface area (Å²) in [6.45, 7) is 6.48. The number of benzene rings is 2. The van der Waals surface area contributed by atoms with Crippen LogP contribution in [0.2, 0.25) is 10.3 Å². The zero-order chi connectivity index (χ0) is 26.4. The smallest absolute Gasteiger partial charge is 0.407 e. The van der Waals surface area contributed by atoms with E-state index < -0.39 is 12.4 Å². The number of ether oxygens (including phenoxy) is 3. The monoisotopic (exact) mass is 545 g/mol. The van der Waals surface area contributed by atoms with Gasteiger partial charge in [0, 0.05) is 18.0 Å². The van der Waals surface area contributed by atoms with Crippen molar-refractivity contribution < 1.29 is 24.1 Å². The predicted molar refractivity (Wildman–Crippen MR) is 140 cm³/mol. The zero-order valence-electron chi connectivity index (χ0n) is 20.3. The maximum Gasteiger partial charge on any atom is 0.407 e. The normalized spacial score (nSPS) is 21.4. The Kier molecular flexibility index (Phi) is 9.23. The van der Waals surface area contributed by atoms with Crippen molar-refractivity contribution in [3.05, 3.63) is 100 Å². The summed E-state index contributed by atoms with van der Waals surface area (Å²) < 4.78 is 19.6. The minimum atomic E-state index is -0.638. The number of alkyl carbamates (subject to hydrolysis) is 1. The van der Waals surface area contributed by atoms with E-state index in [9.17, 15) is 9.90 Å². The number of imidazole rings is 1. The molecule has 37 heavy (non-hydrogen) atoms. The zero-order valence-corrected chi connectivity index (χ0v) is 21.9. The van der Waals surface area contributed by atoms with E-state index in [-0.39, 0.29) is 36.5 Å². The molecule has 0 saturated carbocycles. The fourth-order valence-corrected chi connectivity index (χ4v) is 4.46. The van der Waals surface area contributed by atoms with Gasteiger partial charge in [-0.05, 0) is 16.7 Å². The van der Waals surface area contributed by atoms with E-state index in [4.69, 9.17) is 37.4 Å². The topological polar surface area (TPSA) is 94.8 Å². The largest absolute Gasteiger partial charge is 0.445 e. The molecule has 0 unspecified atom stereocenters. The highest BCUT2D eigenvalue weighted by atomic mass is 35.5. The van der Waals surface area contributed by atoms with Crippen LogP contribution < -0.4 is 5.32 Å². The average Bonchev–Trinajstić information content (AvgIpc) is 3.24. The van der Waals surface area contributed by atoms with Gasteiger partial charge in [-0.15, -0.1) is 0 Å². The number of carbonyl (C=O) groups excluding carboxylic acids is 1. The van der Waals surface area contributed by atoms with Crippen LogP contribution >= 0.6 is 23.2 Å². The fraction of sp³-hybridized carbons (Fsp3) is 0.333. The van der Waals surface area contributed by atoms with Crippen LogP contribution in [0.1, 0.15) is 41.6 Å². The number of amides is 1. The van der Waals surface area contributed by atoms with Gasteiger partial charge in [-0.3, -0.25) is 0 Å². The molecule has 0 bridgehead atoms. The number of aromatic nitrogens is 2. The maximum absolute atomic E-state index is 11.7. The molecule has 1 fully saturated rings. The van der Waals surface area contributed by atoms with Gasteiger partial charge in [0.25, 0.3) is 0 Å². The molecule has 0 spiro atoms. The van der Waals surface area contributed by atoms with Crippen LogP contribution in [-0.4, -0.2) is 33.5 Å². The number of aliphatic hydroxyl groups is 1. The number of nitrogens with zero attached hydrogens (tertiary/aromatic N) is 2. The first kappa shape index (κ1) is 27.2. The summed E-state index contributed by atoms with van der Waals surface area (Å²) in [6.07, 6.45) is 1.43. The number of aliphatic hydroxyl groups excluding tert-OH is 1. The number of rotatable bonds is 9. The van der Waals surface area contributed by atoms with Crippen molar-refractivity contribution in [3.63, 3.8) is 0 Å². The average molecular weight is 546 g/mol. The van der Waals surface area contributed by atoms with Crippen molar-refractivity contribution in [1.82, 2.24) is 14.9 Å². The predicted octanol–water partition coefficient (Wildman–Crippen LogP) is 5.59. The van der Waals surface area contributed by atoms with E-state index in [0.29, 0.717) is 18.2 Å². The summed E-state index contributed by atoms with van der Waals surface area (Å²) >= 11 is 12.4. The van der Waals surface area contributed by atoms with Crippen molar-refractivity contribution in [2.75, 3.05) is 6.61 Å². The lowest BCUT2D eigenvalue weighted by Crippen LogP contribution is -2.39. The summed E-state index contributed by atoms with van der Waals surface area (Å²) in [5.41, 5.74) is 3.54. The Morgan fingerprint density at radius 1 is 1.14 bits per heavy atom. The van der Waals surface area contributed by atoms with Crippen molar-refractivity contribution in [2.24, 2.45) is 5.92 Å². The van der Waals surface area contributed by atoms with E-state index >= 15 is 0 Å². The Hall–Kier alpha value is -2.88. The summed E-state index contributed by atoms with van der Waals surface area (Å²) in [6, 6.07) is 15.3. The Balaban J connectivity index is 1.53. The van der Waals surface area contributed by atoms with E-state index in [1.54, 1.807) is 10.9 Å². The minimum Gasteiger partial charge on any atom is -0.445 e. The Morgan fingerprint density at radius 2 is 1.81 bits per heavy atom. The molecule has 1 amide bonds. The van der Waals surface area contributed by atoms with Crippen LogP contribution in [-0.2, 0) is 33.9 Å². The Morgan fingerprint density at radius 3 is 2.43 bits per heavy atom. The molecule has 10 heteroatoms. The fourth-order valence-electron chi connectivity index (χ4n) is 4.14. The number of carbonyl (C=O) groups is 1. The molecular formula is C27H29Cl2N3O5. The maximum atomic E-state index is 11.7. The highest BCUT2D eigenvalue weighted by Crippen LogP contribution is 2.42. The van der Waals surface area contributed by atoms with Gasteiger partial charge >= 0.3 is 6.09 Å². The molecule has 4 atom stereocenters. The molecule has 3 aromatic rings. The van der Waals surface area contributed by atoms with Gasteiger partial charge in [0.2, 0.25) is 0 Å². The third kappa shape index (κ3) is 6.71. The molecule has 1 aromatic heterocycles. The summed E-state index contributed by atoms with van der Waals surface area (Å²) in [5.74, 6) is -0.0291. The van der Waals surface area contributed by atoms with Gasteiger partial charge in [0.15, 0.2) is 11.4 Å². The second-order valence-electron chi connectivity index (χ2n) is 8.78. The number of nitrogens with one attached hydrogen (secondary N) is 1. The molecular weight excluding hydrogens is 517 g/mol. The number of hydrogen-bond donors (Lipinski definition) is 2. The Bertz CT molecular complexity index is 1200. The van der Waals surface area contributed by atoms with Crippen LogP contribution in [0.15, 0.2) is 67.5 Å². The van der Waals surface area contributed by atoms with E-state index in [1.807, 2.05) is 48.5 Å².